The topological polar surface area (TPSA) is 64.3 Å². The predicted molar refractivity (Wildman–Crippen MR) is 77.2 cm³/mol. The predicted octanol–water partition coefficient (Wildman–Crippen LogP) is 3.05. The summed E-state index contributed by atoms with van der Waals surface area (Å²) in [5.41, 5.74) is 7.63. The Bertz CT molecular complexity index is 455. The number of nitrogen functional groups attached to an aromatic ring is 1. The minimum Gasteiger partial charge on any atom is -0.465 e. The molecule has 1 aromatic rings. The van der Waals surface area contributed by atoms with E-state index >= 15 is 0 Å². The van der Waals surface area contributed by atoms with Crippen LogP contribution in [0.3, 0.4) is 0 Å². The molecule has 0 radical (unpaired) electrons. The lowest BCUT2D eigenvalue weighted by molar-refractivity contribution is 0.0602. The number of esters is 1. The summed E-state index contributed by atoms with van der Waals surface area (Å²) in [4.78, 5) is 11.8. The SMILES string of the molecule is CCC(CC1CC1)Nc1ccc(N)cc1C(=O)OC. The number of hydrogen-bond donors (Lipinski definition) is 2. The molecule has 1 fully saturated rings. The Morgan fingerprint density at radius 3 is 2.84 bits per heavy atom. The first-order chi connectivity index (χ1) is 9.13. The molecule has 1 aliphatic carbocycles. The normalized spacial score (nSPS) is 15.9. The van der Waals surface area contributed by atoms with Crippen LogP contribution in [0.2, 0.25) is 0 Å². The van der Waals surface area contributed by atoms with Gasteiger partial charge in [0, 0.05) is 17.4 Å². The molecule has 0 spiro atoms. The number of rotatable bonds is 6. The van der Waals surface area contributed by atoms with Gasteiger partial charge in [-0.1, -0.05) is 19.8 Å². The number of nitrogens with two attached hydrogens (primary N) is 1. The molecular weight excluding hydrogens is 240 g/mol. The highest BCUT2D eigenvalue weighted by atomic mass is 16.5. The van der Waals surface area contributed by atoms with Crippen LogP contribution >= 0.6 is 0 Å². The van der Waals surface area contributed by atoms with Gasteiger partial charge in [0.05, 0.1) is 12.7 Å². The second-order valence-electron chi connectivity index (χ2n) is 5.23. The highest BCUT2D eigenvalue weighted by Crippen LogP contribution is 2.35. The van der Waals surface area contributed by atoms with Crippen molar-refractivity contribution in [2.75, 3.05) is 18.2 Å². The molecule has 1 atom stereocenters. The fourth-order valence-corrected chi connectivity index (χ4v) is 2.27. The number of carbonyl (C=O) groups is 1. The molecule has 0 heterocycles. The van der Waals surface area contributed by atoms with Crippen LogP contribution in [0.4, 0.5) is 11.4 Å². The Morgan fingerprint density at radius 2 is 2.26 bits per heavy atom. The molecule has 3 N–H and O–H groups in total. The second kappa shape index (κ2) is 5.95. The molecule has 0 amide bonds. The monoisotopic (exact) mass is 262 g/mol. The molecule has 4 nitrogen and oxygen atoms in total. The van der Waals surface area contributed by atoms with Crippen molar-refractivity contribution in [3.63, 3.8) is 0 Å². The summed E-state index contributed by atoms with van der Waals surface area (Å²) in [6.45, 7) is 2.16. The third-order valence-electron chi connectivity index (χ3n) is 3.62. The molecular formula is C15H22N2O2. The van der Waals surface area contributed by atoms with Gasteiger partial charge in [0.15, 0.2) is 0 Å². The van der Waals surface area contributed by atoms with Gasteiger partial charge >= 0.3 is 5.97 Å². The number of ether oxygens (including phenoxy) is 1. The highest BCUT2D eigenvalue weighted by Gasteiger charge is 2.25. The van der Waals surface area contributed by atoms with Crippen LogP contribution in [0, 0.1) is 5.92 Å². The van der Waals surface area contributed by atoms with Gasteiger partial charge in [-0.2, -0.15) is 0 Å². The van der Waals surface area contributed by atoms with Gasteiger partial charge in [-0.05, 0) is 37.0 Å². The van der Waals surface area contributed by atoms with Crippen LogP contribution in [0.5, 0.6) is 0 Å². The minimum atomic E-state index is -0.351. The quantitative estimate of drug-likeness (QED) is 0.611. The van der Waals surface area contributed by atoms with E-state index in [9.17, 15) is 4.79 Å². The van der Waals surface area contributed by atoms with Crippen molar-refractivity contribution in [1.82, 2.24) is 0 Å². The van der Waals surface area contributed by atoms with Crippen molar-refractivity contribution in [2.45, 2.75) is 38.6 Å². The van der Waals surface area contributed by atoms with Crippen molar-refractivity contribution >= 4 is 17.3 Å². The summed E-state index contributed by atoms with van der Waals surface area (Å²) in [7, 11) is 1.39. The van der Waals surface area contributed by atoms with E-state index in [0.717, 1.165) is 18.0 Å². The molecule has 104 valence electrons. The van der Waals surface area contributed by atoms with E-state index < -0.39 is 0 Å². The van der Waals surface area contributed by atoms with E-state index in [1.165, 1.54) is 26.4 Å². The number of methoxy groups -OCH3 is 1. The maximum atomic E-state index is 11.8. The summed E-state index contributed by atoms with van der Waals surface area (Å²) >= 11 is 0. The average Bonchev–Trinajstić information content (AvgIpc) is 3.22. The van der Waals surface area contributed by atoms with E-state index in [-0.39, 0.29) is 5.97 Å². The van der Waals surface area contributed by atoms with Crippen LogP contribution in [-0.4, -0.2) is 19.1 Å². The van der Waals surface area contributed by atoms with Crippen LogP contribution in [0.25, 0.3) is 0 Å². The summed E-state index contributed by atoms with van der Waals surface area (Å²) in [6, 6.07) is 5.73. The summed E-state index contributed by atoms with van der Waals surface area (Å²) < 4.78 is 4.81. The highest BCUT2D eigenvalue weighted by molar-refractivity contribution is 5.96. The summed E-state index contributed by atoms with van der Waals surface area (Å²) in [5.74, 6) is 0.504. The zero-order valence-electron chi connectivity index (χ0n) is 11.6. The standard InChI is InChI=1S/C15H22N2O2/c1-3-12(8-10-4-5-10)17-14-7-6-11(16)9-13(14)15(18)19-2/h6-7,9-10,12,17H,3-5,8,16H2,1-2H3. The second-order valence-corrected chi connectivity index (χ2v) is 5.23. The van der Waals surface area contributed by atoms with Gasteiger partial charge in [-0.25, -0.2) is 4.79 Å². The van der Waals surface area contributed by atoms with Gasteiger partial charge in [0.25, 0.3) is 0 Å². The third kappa shape index (κ3) is 3.63. The van der Waals surface area contributed by atoms with Gasteiger partial charge in [0.1, 0.15) is 0 Å². The van der Waals surface area contributed by atoms with Gasteiger partial charge in [-0.3, -0.25) is 0 Å². The molecule has 2 rings (SSSR count). The van der Waals surface area contributed by atoms with E-state index in [0.29, 0.717) is 17.3 Å². The molecule has 0 aromatic heterocycles. The maximum Gasteiger partial charge on any atom is 0.340 e. The lowest BCUT2D eigenvalue weighted by Gasteiger charge is -2.20. The fourth-order valence-electron chi connectivity index (χ4n) is 2.27. The van der Waals surface area contributed by atoms with Crippen LogP contribution in [0.15, 0.2) is 18.2 Å². The van der Waals surface area contributed by atoms with Gasteiger partial charge in [0.2, 0.25) is 0 Å². The van der Waals surface area contributed by atoms with Crippen molar-refractivity contribution in [3.8, 4) is 0 Å². The van der Waals surface area contributed by atoms with Crippen LogP contribution < -0.4 is 11.1 Å². The molecule has 1 aliphatic rings. The van der Waals surface area contributed by atoms with Crippen molar-refractivity contribution in [3.05, 3.63) is 23.8 Å². The van der Waals surface area contributed by atoms with Crippen LogP contribution in [0.1, 0.15) is 43.0 Å². The first kappa shape index (κ1) is 13.7. The molecule has 4 heteroatoms. The summed E-state index contributed by atoms with van der Waals surface area (Å²) in [5, 5.41) is 3.45. The van der Waals surface area contributed by atoms with E-state index in [2.05, 4.69) is 12.2 Å². The minimum absolute atomic E-state index is 0.351. The first-order valence-electron chi connectivity index (χ1n) is 6.88. The third-order valence-corrected chi connectivity index (χ3v) is 3.62. The Labute approximate surface area is 114 Å². The Morgan fingerprint density at radius 1 is 1.53 bits per heavy atom. The smallest absolute Gasteiger partial charge is 0.340 e. The van der Waals surface area contributed by atoms with E-state index in [1.807, 2.05) is 6.07 Å². The number of nitrogens with one attached hydrogen (secondary N) is 1. The molecule has 0 aliphatic heterocycles. The van der Waals surface area contributed by atoms with Crippen molar-refractivity contribution in [2.24, 2.45) is 5.92 Å². The lowest BCUT2D eigenvalue weighted by Crippen LogP contribution is -2.21. The van der Waals surface area contributed by atoms with Crippen molar-refractivity contribution < 1.29 is 9.53 Å². The average molecular weight is 262 g/mol. The molecule has 19 heavy (non-hydrogen) atoms. The van der Waals surface area contributed by atoms with Gasteiger partial charge in [-0.15, -0.1) is 0 Å². The Balaban J connectivity index is 2.14. The zero-order chi connectivity index (χ0) is 13.8. The number of hydrogen-bond acceptors (Lipinski definition) is 4. The fraction of sp³-hybridized carbons (Fsp3) is 0.533. The molecule has 1 unspecified atom stereocenters. The largest absolute Gasteiger partial charge is 0.465 e. The number of benzene rings is 1. The van der Waals surface area contributed by atoms with Gasteiger partial charge < -0.3 is 15.8 Å². The maximum absolute atomic E-state index is 11.8. The first-order valence-corrected chi connectivity index (χ1v) is 6.88. The van der Waals surface area contributed by atoms with Crippen LogP contribution in [-0.2, 0) is 4.74 Å². The van der Waals surface area contributed by atoms with E-state index in [4.69, 9.17) is 10.5 Å². The Hall–Kier alpha value is -1.71. The molecule has 1 aromatic carbocycles. The number of carbonyl (C=O) groups excluding carboxylic acids is 1. The Kier molecular flexibility index (Phi) is 4.30. The molecule has 1 saturated carbocycles. The summed E-state index contributed by atoms with van der Waals surface area (Å²) in [6.07, 6.45) is 4.89. The molecule has 0 saturated heterocycles. The van der Waals surface area contributed by atoms with E-state index in [1.54, 1.807) is 12.1 Å². The van der Waals surface area contributed by atoms with Crippen molar-refractivity contribution in [1.29, 1.82) is 0 Å². The number of anilines is 2. The zero-order valence-corrected chi connectivity index (χ0v) is 11.6. The lowest BCUT2D eigenvalue weighted by atomic mass is 10.1. The molecule has 0 bridgehead atoms.